The number of nitrogens with zero attached hydrogens (tertiary/aromatic N) is 2. The van der Waals surface area contributed by atoms with Gasteiger partial charge in [-0.2, -0.15) is 5.26 Å². The van der Waals surface area contributed by atoms with Crippen molar-refractivity contribution in [3.63, 3.8) is 0 Å². The van der Waals surface area contributed by atoms with E-state index < -0.39 is 5.54 Å². The van der Waals surface area contributed by atoms with Crippen LogP contribution in [-0.4, -0.2) is 25.7 Å². The largest absolute Gasteiger partial charge is 0.372 e. The van der Waals surface area contributed by atoms with Gasteiger partial charge in [-0.3, -0.25) is 5.32 Å². The molecule has 1 N–H and O–H groups in total. The number of nitrogens with one attached hydrogen (secondary N) is 1. The van der Waals surface area contributed by atoms with Gasteiger partial charge in [0.25, 0.3) is 0 Å². The summed E-state index contributed by atoms with van der Waals surface area (Å²) in [6.45, 7) is 3.35. The van der Waals surface area contributed by atoms with Crippen LogP contribution >= 0.6 is 0 Å². The topological polar surface area (TPSA) is 39.1 Å². The Morgan fingerprint density at radius 3 is 2.79 bits per heavy atom. The molecule has 19 heavy (non-hydrogen) atoms. The van der Waals surface area contributed by atoms with Crippen LogP contribution in [0, 0.1) is 23.1 Å². The summed E-state index contributed by atoms with van der Waals surface area (Å²) in [7, 11) is 1.90. The zero-order valence-electron chi connectivity index (χ0n) is 11.5. The molecule has 0 spiro atoms. The first kappa shape index (κ1) is 13.8. The van der Waals surface area contributed by atoms with Crippen molar-refractivity contribution in [3.05, 3.63) is 30.1 Å². The lowest BCUT2D eigenvalue weighted by atomic mass is 9.94. The second kappa shape index (κ2) is 5.58. The van der Waals surface area contributed by atoms with Gasteiger partial charge in [0.05, 0.1) is 6.07 Å². The molecule has 1 fully saturated rings. The summed E-state index contributed by atoms with van der Waals surface area (Å²) >= 11 is 0. The standard InChI is InChI=1S/C15H20FN3/c1-3-18-15(10-17,12-7-8-12)11-19(2)14-6-4-5-13(16)9-14/h4-6,9,12,18H,3,7-8,11H2,1-2H3. The summed E-state index contributed by atoms with van der Waals surface area (Å²) in [4.78, 5) is 1.95. The highest BCUT2D eigenvalue weighted by Gasteiger charge is 2.45. The molecule has 0 radical (unpaired) electrons. The maximum atomic E-state index is 13.3. The van der Waals surface area contributed by atoms with Gasteiger partial charge in [-0.25, -0.2) is 4.39 Å². The third-order valence-corrected chi connectivity index (χ3v) is 3.70. The van der Waals surface area contributed by atoms with Crippen LogP contribution in [0.25, 0.3) is 0 Å². The van der Waals surface area contributed by atoms with Crippen molar-refractivity contribution in [1.82, 2.24) is 5.32 Å². The molecular weight excluding hydrogens is 241 g/mol. The molecule has 102 valence electrons. The molecular formula is C15H20FN3. The van der Waals surface area contributed by atoms with Crippen molar-refractivity contribution < 1.29 is 4.39 Å². The van der Waals surface area contributed by atoms with Crippen LogP contribution < -0.4 is 10.2 Å². The number of nitriles is 1. The van der Waals surface area contributed by atoms with Crippen molar-refractivity contribution in [2.45, 2.75) is 25.3 Å². The van der Waals surface area contributed by atoms with Gasteiger partial charge < -0.3 is 4.90 Å². The van der Waals surface area contributed by atoms with E-state index in [0.717, 1.165) is 25.1 Å². The van der Waals surface area contributed by atoms with Crippen molar-refractivity contribution in [2.75, 3.05) is 25.0 Å². The van der Waals surface area contributed by atoms with Crippen LogP contribution in [0.15, 0.2) is 24.3 Å². The minimum absolute atomic E-state index is 0.248. The molecule has 1 aromatic rings. The van der Waals surface area contributed by atoms with Crippen LogP contribution in [0.5, 0.6) is 0 Å². The average molecular weight is 261 g/mol. The molecule has 0 aliphatic heterocycles. The van der Waals surface area contributed by atoms with E-state index in [4.69, 9.17) is 0 Å². The number of halogens is 1. The molecule has 0 aromatic heterocycles. The van der Waals surface area contributed by atoms with Gasteiger partial charge in [0.15, 0.2) is 0 Å². The van der Waals surface area contributed by atoms with Gasteiger partial charge in [0.2, 0.25) is 0 Å². The van der Waals surface area contributed by atoms with E-state index in [1.165, 1.54) is 12.1 Å². The van der Waals surface area contributed by atoms with E-state index in [1.807, 2.05) is 24.9 Å². The summed E-state index contributed by atoms with van der Waals surface area (Å²) in [6, 6.07) is 8.94. The Morgan fingerprint density at radius 2 is 2.26 bits per heavy atom. The molecule has 0 bridgehead atoms. The molecule has 1 unspecified atom stereocenters. The van der Waals surface area contributed by atoms with E-state index in [9.17, 15) is 9.65 Å². The Hall–Kier alpha value is -1.60. The number of rotatable bonds is 6. The van der Waals surface area contributed by atoms with E-state index >= 15 is 0 Å². The Kier molecular flexibility index (Phi) is 4.06. The number of benzene rings is 1. The molecule has 4 heteroatoms. The smallest absolute Gasteiger partial charge is 0.127 e. The zero-order valence-corrected chi connectivity index (χ0v) is 11.5. The molecule has 0 amide bonds. The fourth-order valence-corrected chi connectivity index (χ4v) is 2.57. The monoisotopic (exact) mass is 261 g/mol. The number of hydrogen-bond acceptors (Lipinski definition) is 3. The Labute approximate surface area is 114 Å². The SMILES string of the molecule is CCNC(C#N)(CN(C)c1cccc(F)c1)C1CC1. The lowest BCUT2D eigenvalue weighted by molar-refractivity contribution is 0.377. The van der Waals surface area contributed by atoms with Gasteiger partial charge in [-0.1, -0.05) is 13.0 Å². The Morgan fingerprint density at radius 1 is 1.53 bits per heavy atom. The molecule has 1 saturated carbocycles. The van der Waals surface area contributed by atoms with Crippen molar-refractivity contribution >= 4 is 5.69 Å². The summed E-state index contributed by atoms with van der Waals surface area (Å²) in [5.41, 5.74) is 0.286. The first-order chi connectivity index (χ1) is 9.11. The van der Waals surface area contributed by atoms with Crippen LogP contribution in [0.2, 0.25) is 0 Å². The Balaban J connectivity index is 2.15. The predicted molar refractivity (Wildman–Crippen MR) is 74.4 cm³/mol. The molecule has 1 atom stereocenters. The molecule has 0 saturated heterocycles. The van der Waals surface area contributed by atoms with Crippen LogP contribution in [0.3, 0.4) is 0 Å². The highest BCUT2D eigenvalue weighted by Crippen LogP contribution is 2.40. The quantitative estimate of drug-likeness (QED) is 0.855. The van der Waals surface area contributed by atoms with Crippen molar-refractivity contribution in [3.8, 4) is 6.07 Å². The molecule has 3 nitrogen and oxygen atoms in total. The van der Waals surface area contributed by atoms with Gasteiger partial charge in [0, 0.05) is 19.3 Å². The van der Waals surface area contributed by atoms with Gasteiger partial charge in [-0.05, 0) is 43.5 Å². The van der Waals surface area contributed by atoms with Crippen molar-refractivity contribution in [1.29, 1.82) is 5.26 Å². The Bertz CT molecular complexity index is 479. The molecule has 0 heterocycles. The van der Waals surface area contributed by atoms with Gasteiger partial charge in [-0.15, -0.1) is 0 Å². The maximum absolute atomic E-state index is 13.3. The second-order valence-electron chi connectivity index (χ2n) is 5.22. The van der Waals surface area contributed by atoms with E-state index in [0.29, 0.717) is 12.5 Å². The van der Waals surface area contributed by atoms with Crippen LogP contribution in [-0.2, 0) is 0 Å². The first-order valence-electron chi connectivity index (χ1n) is 6.74. The second-order valence-corrected chi connectivity index (χ2v) is 5.22. The fourth-order valence-electron chi connectivity index (χ4n) is 2.57. The molecule has 1 aromatic carbocycles. The first-order valence-corrected chi connectivity index (χ1v) is 6.74. The lowest BCUT2D eigenvalue weighted by Crippen LogP contribution is -2.53. The minimum Gasteiger partial charge on any atom is -0.372 e. The maximum Gasteiger partial charge on any atom is 0.127 e. The predicted octanol–water partition coefficient (Wildman–Crippen LogP) is 2.54. The summed E-state index contributed by atoms with van der Waals surface area (Å²) in [6.07, 6.45) is 2.19. The minimum atomic E-state index is -0.518. The van der Waals surface area contributed by atoms with E-state index in [2.05, 4.69) is 11.4 Å². The summed E-state index contributed by atoms with van der Waals surface area (Å²) in [5.74, 6) is 0.162. The van der Waals surface area contributed by atoms with Gasteiger partial charge >= 0.3 is 0 Å². The normalized spacial score (nSPS) is 17.6. The number of hydrogen-bond donors (Lipinski definition) is 1. The van der Waals surface area contributed by atoms with E-state index in [-0.39, 0.29) is 5.82 Å². The third-order valence-electron chi connectivity index (χ3n) is 3.70. The van der Waals surface area contributed by atoms with E-state index in [1.54, 1.807) is 6.07 Å². The highest BCUT2D eigenvalue weighted by molar-refractivity contribution is 5.47. The third kappa shape index (κ3) is 3.05. The molecule has 1 aliphatic rings. The average Bonchev–Trinajstić information content (AvgIpc) is 3.22. The fraction of sp³-hybridized carbons (Fsp3) is 0.533. The lowest BCUT2D eigenvalue weighted by Gasteiger charge is -2.33. The van der Waals surface area contributed by atoms with Crippen LogP contribution in [0.1, 0.15) is 19.8 Å². The highest BCUT2D eigenvalue weighted by atomic mass is 19.1. The molecule has 2 rings (SSSR count). The van der Waals surface area contributed by atoms with Crippen LogP contribution in [0.4, 0.5) is 10.1 Å². The summed E-state index contributed by atoms with van der Waals surface area (Å²) in [5, 5.41) is 12.9. The van der Waals surface area contributed by atoms with Gasteiger partial charge in [0.1, 0.15) is 11.4 Å². The number of likely N-dealkylation sites (N-methyl/N-ethyl adjacent to an activating group) is 2. The zero-order chi connectivity index (χ0) is 13.9. The van der Waals surface area contributed by atoms with Crippen molar-refractivity contribution in [2.24, 2.45) is 5.92 Å². The number of anilines is 1. The molecule has 1 aliphatic carbocycles. The summed E-state index contributed by atoms with van der Waals surface area (Å²) < 4.78 is 13.3.